The van der Waals surface area contributed by atoms with Gasteiger partial charge in [0.1, 0.15) is 0 Å². The molecular weight excluding hydrogens is 302 g/mol. The number of aryl methyl sites for hydroxylation is 3. The van der Waals surface area contributed by atoms with Gasteiger partial charge in [0.15, 0.2) is 13.1 Å². The van der Waals surface area contributed by atoms with Crippen LogP contribution >= 0.6 is 0 Å². The SMILES string of the molecule is Cc1cc(C)c(NC(=O)C[NH+](C)CC(=O)N2CCCCC2)c(C)c1. The Balaban J connectivity index is 1.86. The van der Waals surface area contributed by atoms with Crippen molar-refractivity contribution in [3.8, 4) is 0 Å². The lowest BCUT2D eigenvalue weighted by Crippen LogP contribution is -3.11. The first-order valence-corrected chi connectivity index (χ1v) is 8.83. The van der Waals surface area contributed by atoms with Gasteiger partial charge in [0.2, 0.25) is 0 Å². The Bertz CT molecular complexity index is 584. The van der Waals surface area contributed by atoms with Crippen molar-refractivity contribution in [1.29, 1.82) is 0 Å². The van der Waals surface area contributed by atoms with Crippen molar-refractivity contribution in [2.45, 2.75) is 40.0 Å². The zero-order valence-corrected chi connectivity index (χ0v) is 15.4. The number of nitrogens with one attached hydrogen (secondary N) is 2. The lowest BCUT2D eigenvalue weighted by molar-refractivity contribution is -0.862. The number of benzene rings is 1. The second-order valence-electron chi connectivity index (χ2n) is 7.07. The fourth-order valence-electron chi connectivity index (χ4n) is 3.41. The first-order chi connectivity index (χ1) is 11.4. The van der Waals surface area contributed by atoms with Crippen molar-refractivity contribution >= 4 is 17.5 Å². The molecule has 0 saturated carbocycles. The maximum atomic E-state index is 12.3. The fourth-order valence-corrected chi connectivity index (χ4v) is 3.41. The summed E-state index contributed by atoms with van der Waals surface area (Å²) in [7, 11) is 1.90. The molecule has 0 radical (unpaired) electrons. The van der Waals surface area contributed by atoms with Crippen molar-refractivity contribution in [1.82, 2.24) is 4.90 Å². The van der Waals surface area contributed by atoms with Gasteiger partial charge in [-0.25, -0.2) is 0 Å². The number of hydrogen-bond donors (Lipinski definition) is 2. The molecule has 2 N–H and O–H groups in total. The average Bonchev–Trinajstić information content (AvgIpc) is 2.51. The highest BCUT2D eigenvalue weighted by Crippen LogP contribution is 2.21. The Labute approximate surface area is 145 Å². The van der Waals surface area contributed by atoms with Crippen LogP contribution in [0.5, 0.6) is 0 Å². The van der Waals surface area contributed by atoms with E-state index in [1.165, 1.54) is 12.0 Å². The van der Waals surface area contributed by atoms with E-state index < -0.39 is 0 Å². The van der Waals surface area contributed by atoms with Gasteiger partial charge in [-0.2, -0.15) is 0 Å². The number of carbonyl (C=O) groups is 2. The number of likely N-dealkylation sites (tertiary alicyclic amines) is 1. The maximum absolute atomic E-state index is 12.3. The van der Waals surface area contributed by atoms with Crippen LogP contribution in [0.4, 0.5) is 5.69 Å². The summed E-state index contributed by atoms with van der Waals surface area (Å²) >= 11 is 0. The van der Waals surface area contributed by atoms with Crippen molar-refractivity contribution in [2.24, 2.45) is 0 Å². The van der Waals surface area contributed by atoms with E-state index in [0.717, 1.165) is 47.6 Å². The van der Waals surface area contributed by atoms with Gasteiger partial charge < -0.3 is 15.1 Å². The van der Waals surface area contributed by atoms with Gasteiger partial charge in [-0.15, -0.1) is 0 Å². The Hall–Kier alpha value is -1.88. The Morgan fingerprint density at radius 2 is 1.62 bits per heavy atom. The van der Waals surface area contributed by atoms with E-state index in [0.29, 0.717) is 13.1 Å². The number of likely N-dealkylation sites (N-methyl/N-ethyl adjacent to an activating group) is 1. The lowest BCUT2D eigenvalue weighted by Gasteiger charge is -2.27. The van der Waals surface area contributed by atoms with E-state index in [-0.39, 0.29) is 11.8 Å². The molecule has 0 aromatic heterocycles. The van der Waals surface area contributed by atoms with Crippen LogP contribution in [0.2, 0.25) is 0 Å². The highest BCUT2D eigenvalue weighted by molar-refractivity contribution is 5.93. The van der Waals surface area contributed by atoms with Crippen molar-refractivity contribution in [3.63, 3.8) is 0 Å². The average molecular weight is 332 g/mol. The van der Waals surface area contributed by atoms with E-state index in [1.54, 1.807) is 0 Å². The topological polar surface area (TPSA) is 53.9 Å². The van der Waals surface area contributed by atoms with Crippen LogP contribution in [0.1, 0.15) is 36.0 Å². The lowest BCUT2D eigenvalue weighted by atomic mass is 10.1. The molecule has 2 rings (SSSR count). The van der Waals surface area contributed by atoms with E-state index in [4.69, 9.17) is 0 Å². The minimum Gasteiger partial charge on any atom is -0.338 e. The van der Waals surface area contributed by atoms with Gasteiger partial charge >= 0.3 is 0 Å². The standard InChI is InChI=1S/C19H29N3O2/c1-14-10-15(2)19(16(3)11-14)20-17(23)12-21(4)13-18(24)22-8-6-5-7-9-22/h10-11H,5-9,12-13H2,1-4H3,(H,20,23)/p+1. The largest absolute Gasteiger partial charge is 0.338 e. The summed E-state index contributed by atoms with van der Waals surface area (Å²) in [5, 5.41) is 3.00. The number of quaternary nitrogens is 1. The van der Waals surface area contributed by atoms with Gasteiger partial charge in [-0.3, -0.25) is 9.59 Å². The number of carbonyl (C=O) groups excluding carboxylic acids is 2. The van der Waals surface area contributed by atoms with Crippen LogP contribution in [0, 0.1) is 20.8 Å². The third-order valence-corrected chi connectivity index (χ3v) is 4.57. The zero-order chi connectivity index (χ0) is 17.7. The summed E-state index contributed by atoms with van der Waals surface area (Å²) in [4.78, 5) is 27.4. The van der Waals surface area contributed by atoms with Gasteiger partial charge in [-0.05, 0) is 51.2 Å². The first kappa shape index (κ1) is 18.5. The van der Waals surface area contributed by atoms with Crippen LogP contribution in [-0.4, -0.2) is 49.9 Å². The number of anilines is 1. The molecule has 0 spiro atoms. The summed E-state index contributed by atoms with van der Waals surface area (Å²) < 4.78 is 0. The molecule has 1 aromatic rings. The molecule has 1 aliphatic heterocycles. The number of piperidine rings is 1. The second-order valence-corrected chi connectivity index (χ2v) is 7.07. The van der Waals surface area contributed by atoms with E-state index in [9.17, 15) is 9.59 Å². The molecule has 1 heterocycles. The number of amides is 2. The molecule has 5 nitrogen and oxygen atoms in total. The van der Waals surface area contributed by atoms with Crippen LogP contribution < -0.4 is 10.2 Å². The Morgan fingerprint density at radius 1 is 1.04 bits per heavy atom. The third-order valence-electron chi connectivity index (χ3n) is 4.57. The molecule has 1 aromatic carbocycles. The highest BCUT2D eigenvalue weighted by atomic mass is 16.2. The molecule has 5 heteroatoms. The smallest absolute Gasteiger partial charge is 0.279 e. The number of hydrogen-bond acceptors (Lipinski definition) is 2. The van der Waals surface area contributed by atoms with Gasteiger partial charge in [0, 0.05) is 18.8 Å². The summed E-state index contributed by atoms with van der Waals surface area (Å²) in [5.41, 5.74) is 4.23. The van der Waals surface area contributed by atoms with Crippen LogP contribution in [0.25, 0.3) is 0 Å². The third kappa shape index (κ3) is 5.06. The normalized spacial score (nSPS) is 15.9. The van der Waals surface area contributed by atoms with Gasteiger partial charge in [-0.1, -0.05) is 17.7 Å². The number of rotatable bonds is 5. The summed E-state index contributed by atoms with van der Waals surface area (Å²) in [6, 6.07) is 4.14. The molecule has 1 aliphatic rings. The van der Waals surface area contributed by atoms with Crippen LogP contribution in [-0.2, 0) is 9.59 Å². The second kappa shape index (κ2) is 8.29. The minimum absolute atomic E-state index is 0.0472. The molecule has 24 heavy (non-hydrogen) atoms. The number of nitrogens with zero attached hydrogens (tertiary/aromatic N) is 1. The predicted octanol–water partition coefficient (Wildman–Crippen LogP) is 1.08. The molecular formula is C19H30N3O2+. The molecule has 0 aliphatic carbocycles. The summed E-state index contributed by atoms with van der Waals surface area (Å²) in [6.07, 6.45) is 3.40. The van der Waals surface area contributed by atoms with Crippen molar-refractivity contribution in [3.05, 3.63) is 28.8 Å². The quantitative estimate of drug-likeness (QED) is 0.848. The van der Waals surface area contributed by atoms with Crippen molar-refractivity contribution < 1.29 is 14.5 Å². The van der Waals surface area contributed by atoms with Crippen LogP contribution in [0.15, 0.2) is 12.1 Å². The van der Waals surface area contributed by atoms with E-state index in [2.05, 4.69) is 24.4 Å². The maximum Gasteiger partial charge on any atom is 0.279 e. The summed E-state index contributed by atoms with van der Waals surface area (Å²) in [5.74, 6) is 0.108. The molecule has 1 saturated heterocycles. The molecule has 1 unspecified atom stereocenters. The van der Waals surface area contributed by atoms with Gasteiger partial charge in [0.25, 0.3) is 11.8 Å². The minimum atomic E-state index is -0.0472. The summed E-state index contributed by atoms with van der Waals surface area (Å²) in [6.45, 7) is 8.46. The monoisotopic (exact) mass is 332 g/mol. The van der Waals surface area contributed by atoms with E-state index >= 15 is 0 Å². The molecule has 1 fully saturated rings. The first-order valence-electron chi connectivity index (χ1n) is 8.83. The predicted molar refractivity (Wildman–Crippen MR) is 96.3 cm³/mol. The highest BCUT2D eigenvalue weighted by Gasteiger charge is 2.21. The molecule has 1 atom stereocenters. The van der Waals surface area contributed by atoms with Gasteiger partial charge in [0.05, 0.1) is 7.05 Å². The molecule has 0 bridgehead atoms. The molecule has 2 amide bonds. The van der Waals surface area contributed by atoms with Crippen molar-refractivity contribution in [2.75, 3.05) is 38.5 Å². The molecule has 132 valence electrons. The Kier molecular flexibility index (Phi) is 6.37. The van der Waals surface area contributed by atoms with E-state index in [1.807, 2.05) is 25.8 Å². The fraction of sp³-hybridized carbons (Fsp3) is 0.579. The van der Waals surface area contributed by atoms with Crippen LogP contribution in [0.3, 0.4) is 0 Å². The Morgan fingerprint density at radius 3 is 2.21 bits per heavy atom. The zero-order valence-electron chi connectivity index (χ0n) is 15.4.